The van der Waals surface area contributed by atoms with Crippen molar-refractivity contribution in [3.8, 4) is 0 Å². The predicted octanol–water partition coefficient (Wildman–Crippen LogP) is 4.12. The van der Waals surface area contributed by atoms with E-state index < -0.39 is 0 Å². The Balaban J connectivity index is 1.72. The summed E-state index contributed by atoms with van der Waals surface area (Å²) in [6.07, 6.45) is 11.4. The third kappa shape index (κ3) is 4.08. The van der Waals surface area contributed by atoms with Crippen molar-refractivity contribution < 1.29 is 0 Å². The first-order valence-electron chi connectivity index (χ1n) is 7.31. The molecule has 0 aliphatic heterocycles. The molecule has 2 rings (SSSR count). The van der Waals surface area contributed by atoms with Gasteiger partial charge >= 0.3 is 0 Å². The first kappa shape index (κ1) is 12.4. The standard InChI is InChI=1S/C15H29N/c1-12(11-13-6-7-13)16-14-5-4-9-15(2,3)10-8-14/h12-14,16H,4-11H2,1-3H3. The molecule has 2 atom stereocenters. The van der Waals surface area contributed by atoms with Crippen molar-refractivity contribution in [2.75, 3.05) is 0 Å². The van der Waals surface area contributed by atoms with Gasteiger partial charge in [-0.25, -0.2) is 0 Å². The molecule has 0 aromatic rings. The van der Waals surface area contributed by atoms with E-state index in [0.29, 0.717) is 5.41 Å². The third-order valence-corrected chi connectivity index (χ3v) is 4.48. The molecule has 16 heavy (non-hydrogen) atoms. The molecule has 1 N–H and O–H groups in total. The fourth-order valence-corrected chi connectivity index (χ4v) is 3.15. The van der Waals surface area contributed by atoms with E-state index in [9.17, 15) is 0 Å². The largest absolute Gasteiger partial charge is 0.311 e. The lowest BCUT2D eigenvalue weighted by Crippen LogP contribution is -2.36. The van der Waals surface area contributed by atoms with E-state index in [4.69, 9.17) is 0 Å². The number of hydrogen-bond acceptors (Lipinski definition) is 1. The zero-order valence-electron chi connectivity index (χ0n) is 11.4. The Kier molecular flexibility index (Phi) is 3.94. The van der Waals surface area contributed by atoms with Gasteiger partial charge in [-0.2, -0.15) is 0 Å². The van der Waals surface area contributed by atoms with Gasteiger partial charge in [0, 0.05) is 12.1 Å². The maximum atomic E-state index is 3.87. The van der Waals surface area contributed by atoms with Crippen molar-refractivity contribution in [1.82, 2.24) is 5.32 Å². The molecular formula is C15H29N. The van der Waals surface area contributed by atoms with Gasteiger partial charge < -0.3 is 5.32 Å². The first-order valence-corrected chi connectivity index (χ1v) is 7.31. The fraction of sp³-hybridized carbons (Fsp3) is 1.00. The van der Waals surface area contributed by atoms with Gasteiger partial charge in [-0.1, -0.05) is 33.1 Å². The zero-order chi connectivity index (χ0) is 11.6. The Labute approximate surface area is 101 Å². The molecule has 0 bridgehead atoms. The highest BCUT2D eigenvalue weighted by Gasteiger charge is 2.27. The summed E-state index contributed by atoms with van der Waals surface area (Å²) >= 11 is 0. The Morgan fingerprint density at radius 1 is 1.12 bits per heavy atom. The predicted molar refractivity (Wildman–Crippen MR) is 70.6 cm³/mol. The summed E-state index contributed by atoms with van der Waals surface area (Å²) in [5.74, 6) is 1.06. The van der Waals surface area contributed by atoms with Crippen LogP contribution in [-0.2, 0) is 0 Å². The molecule has 0 radical (unpaired) electrons. The van der Waals surface area contributed by atoms with E-state index in [2.05, 4.69) is 26.1 Å². The molecule has 1 heteroatoms. The second kappa shape index (κ2) is 5.08. The van der Waals surface area contributed by atoms with Crippen LogP contribution in [0.2, 0.25) is 0 Å². The monoisotopic (exact) mass is 223 g/mol. The minimum Gasteiger partial charge on any atom is -0.311 e. The second-order valence-corrected chi connectivity index (χ2v) is 7.04. The highest BCUT2D eigenvalue weighted by Crippen LogP contribution is 2.35. The van der Waals surface area contributed by atoms with Gasteiger partial charge in [-0.15, -0.1) is 0 Å². The lowest BCUT2D eigenvalue weighted by Gasteiger charge is -2.24. The summed E-state index contributed by atoms with van der Waals surface area (Å²) in [5.41, 5.74) is 0.593. The zero-order valence-corrected chi connectivity index (χ0v) is 11.4. The molecule has 2 saturated carbocycles. The van der Waals surface area contributed by atoms with Gasteiger partial charge in [-0.05, 0) is 50.4 Å². The Hall–Kier alpha value is -0.0400. The Morgan fingerprint density at radius 2 is 1.88 bits per heavy atom. The van der Waals surface area contributed by atoms with Gasteiger partial charge in [0.15, 0.2) is 0 Å². The highest BCUT2D eigenvalue weighted by molar-refractivity contribution is 4.83. The fourth-order valence-electron chi connectivity index (χ4n) is 3.15. The summed E-state index contributed by atoms with van der Waals surface area (Å²) in [6.45, 7) is 7.25. The molecule has 2 aliphatic rings. The topological polar surface area (TPSA) is 12.0 Å². The van der Waals surface area contributed by atoms with Crippen molar-refractivity contribution in [2.45, 2.75) is 84.2 Å². The van der Waals surface area contributed by atoms with Crippen molar-refractivity contribution in [2.24, 2.45) is 11.3 Å². The van der Waals surface area contributed by atoms with E-state index >= 15 is 0 Å². The summed E-state index contributed by atoms with van der Waals surface area (Å²) in [4.78, 5) is 0. The minimum atomic E-state index is 0.593. The third-order valence-electron chi connectivity index (χ3n) is 4.48. The molecule has 0 spiro atoms. The van der Waals surface area contributed by atoms with Crippen LogP contribution in [0.5, 0.6) is 0 Å². The molecule has 94 valence electrons. The number of nitrogens with one attached hydrogen (secondary N) is 1. The van der Waals surface area contributed by atoms with E-state index in [-0.39, 0.29) is 0 Å². The minimum absolute atomic E-state index is 0.593. The normalized spacial score (nSPS) is 32.1. The van der Waals surface area contributed by atoms with E-state index in [1.165, 1.54) is 51.4 Å². The lowest BCUT2D eigenvalue weighted by atomic mass is 9.85. The van der Waals surface area contributed by atoms with E-state index in [1.807, 2.05) is 0 Å². The Bertz CT molecular complexity index is 217. The van der Waals surface area contributed by atoms with Gasteiger partial charge in [0.25, 0.3) is 0 Å². The number of hydrogen-bond donors (Lipinski definition) is 1. The molecule has 1 nitrogen and oxygen atoms in total. The molecule has 2 aliphatic carbocycles. The van der Waals surface area contributed by atoms with Gasteiger partial charge in [-0.3, -0.25) is 0 Å². The van der Waals surface area contributed by atoms with E-state index in [1.54, 1.807) is 0 Å². The van der Waals surface area contributed by atoms with Crippen LogP contribution in [0.15, 0.2) is 0 Å². The van der Waals surface area contributed by atoms with Crippen molar-refractivity contribution >= 4 is 0 Å². The average molecular weight is 223 g/mol. The maximum Gasteiger partial charge on any atom is 0.00697 e. The van der Waals surface area contributed by atoms with Gasteiger partial charge in [0.2, 0.25) is 0 Å². The van der Waals surface area contributed by atoms with Crippen molar-refractivity contribution in [3.05, 3.63) is 0 Å². The molecule has 0 saturated heterocycles. The van der Waals surface area contributed by atoms with Crippen LogP contribution in [0.3, 0.4) is 0 Å². The molecule has 2 fully saturated rings. The summed E-state index contributed by atoms with van der Waals surface area (Å²) in [6, 6.07) is 1.55. The quantitative estimate of drug-likeness (QED) is 0.707. The van der Waals surface area contributed by atoms with Crippen LogP contribution >= 0.6 is 0 Å². The van der Waals surface area contributed by atoms with Gasteiger partial charge in [0.1, 0.15) is 0 Å². The SMILES string of the molecule is CC(CC1CC1)NC1CCCC(C)(C)CC1. The van der Waals surface area contributed by atoms with Crippen LogP contribution in [0.4, 0.5) is 0 Å². The van der Waals surface area contributed by atoms with Crippen molar-refractivity contribution in [3.63, 3.8) is 0 Å². The summed E-state index contributed by atoms with van der Waals surface area (Å²) in [5, 5.41) is 3.87. The molecule has 0 heterocycles. The van der Waals surface area contributed by atoms with Crippen molar-refractivity contribution in [1.29, 1.82) is 0 Å². The summed E-state index contributed by atoms with van der Waals surface area (Å²) in [7, 11) is 0. The molecule has 2 unspecified atom stereocenters. The average Bonchev–Trinajstić information content (AvgIpc) is 2.97. The van der Waals surface area contributed by atoms with Crippen LogP contribution in [0.25, 0.3) is 0 Å². The Morgan fingerprint density at radius 3 is 2.56 bits per heavy atom. The van der Waals surface area contributed by atoms with E-state index in [0.717, 1.165) is 18.0 Å². The van der Waals surface area contributed by atoms with Gasteiger partial charge in [0.05, 0.1) is 0 Å². The van der Waals surface area contributed by atoms with Crippen LogP contribution < -0.4 is 5.32 Å². The molecule has 0 aromatic carbocycles. The van der Waals surface area contributed by atoms with Crippen LogP contribution in [0.1, 0.15) is 72.1 Å². The second-order valence-electron chi connectivity index (χ2n) is 7.04. The lowest BCUT2D eigenvalue weighted by molar-refractivity contribution is 0.306. The molecular weight excluding hydrogens is 194 g/mol. The summed E-state index contributed by atoms with van der Waals surface area (Å²) < 4.78 is 0. The maximum absolute atomic E-state index is 3.87. The highest BCUT2D eigenvalue weighted by atomic mass is 14.9. The van der Waals surface area contributed by atoms with Crippen LogP contribution in [0, 0.1) is 11.3 Å². The number of rotatable bonds is 4. The molecule has 0 amide bonds. The first-order chi connectivity index (χ1) is 7.55. The smallest absolute Gasteiger partial charge is 0.00697 e. The molecule has 0 aromatic heterocycles. The van der Waals surface area contributed by atoms with Crippen LogP contribution in [-0.4, -0.2) is 12.1 Å².